The van der Waals surface area contributed by atoms with Crippen LogP contribution in [0.25, 0.3) is 0 Å². The van der Waals surface area contributed by atoms with Crippen LogP contribution in [0.3, 0.4) is 0 Å². The molecule has 0 radical (unpaired) electrons. The molecule has 2 heterocycles. The minimum Gasteiger partial charge on any atom is -0.299 e. The molecule has 1 aromatic heterocycles. The van der Waals surface area contributed by atoms with Gasteiger partial charge in [-0.3, -0.25) is 9.47 Å². The molecule has 0 N–H and O–H groups in total. The molecule has 5 nitrogen and oxygen atoms in total. The number of nitrogens with zero attached hydrogens (tertiary/aromatic N) is 4. The largest absolute Gasteiger partial charge is 0.345 e. The van der Waals surface area contributed by atoms with Crippen molar-refractivity contribution in [1.29, 1.82) is 0 Å². The highest BCUT2D eigenvalue weighted by atomic mass is 16.2. The van der Waals surface area contributed by atoms with Crippen molar-refractivity contribution in [2.24, 2.45) is 7.05 Å². The fourth-order valence-electron chi connectivity index (χ4n) is 4.29. The molecule has 0 bridgehead atoms. The van der Waals surface area contributed by atoms with Crippen LogP contribution < -0.4 is 5.69 Å². The van der Waals surface area contributed by atoms with Crippen molar-refractivity contribution in [3.05, 3.63) is 87.1 Å². The van der Waals surface area contributed by atoms with E-state index in [1.54, 1.807) is 7.05 Å². The van der Waals surface area contributed by atoms with Crippen LogP contribution in [0, 0.1) is 13.8 Å². The van der Waals surface area contributed by atoms with Crippen molar-refractivity contribution in [1.82, 2.24) is 19.2 Å². The molecule has 0 atom stereocenters. The number of aromatic nitrogens is 3. The second-order valence-corrected chi connectivity index (χ2v) is 8.28. The van der Waals surface area contributed by atoms with Gasteiger partial charge in [0, 0.05) is 39.1 Å². The molecule has 0 aliphatic carbocycles. The van der Waals surface area contributed by atoms with E-state index in [0.717, 1.165) is 38.3 Å². The predicted molar refractivity (Wildman–Crippen MR) is 116 cm³/mol. The Bertz CT molecular complexity index is 1030. The summed E-state index contributed by atoms with van der Waals surface area (Å²) in [6.07, 6.45) is 2.66. The van der Waals surface area contributed by atoms with Crippen molar-refractivity contribution in [3.63, 3.8) is 0 Å². The second kappa shape index (κ2) is 8.37. The summed E-state index contributed by atoms with van der Waals surface area (Å²) in [5, 5.41) is 4.54. The number of likely N-dealkylation sites (tertiary alicyclic amines) is 1. The SMILES string of the molecule is Cc1ccc(CN2CCC(n3c(Cc4ccccc4)nn(C)c3=O)CC2)cc1C. The third kappa shape index (κ3) is 4.35. The molecule has 3 aromatic rings. The monoisotopic (exact) mass is 390 g/mol. The van der Waals surface area contributed by atoms with Gasteiger partial charge in [0.2, 0.25) is 0 Å². The minimum absolute atomic E-state index is 0.00328. The topological polar surface area (TPSA) is 43.1 Å². The van der Waals surface area contributed by atoms with Crippen LogP contribution in [0.4, 0.5) is 0 Å². The van der Waals surface area contributed by atoms with E-state index in [1.807, 2.05) is 22.8 Å². The molecular formula is C24H30N4O. The third-order valence-electron chi connectivity index (χ3n) is 6.13. The van der Waals surface area contributed by atoms with E-state index in [1.165, 1.54) is 26.9 Å². The van der Waals surface area contributed by atoms with Crippen molar-refractivity contribution in [2.75, 3.05) is 13.1 Å². The maximum Gasteiger partial charge on any atom is 0.345 e. The molecule has 0 spiro atoms. The zero-order valence-electron chi connectivity index (χ0n) is 17.6. The molecule has 4 rings (SSSR count). The Kier molecular flexibility index (Phi) is 5.67. The smallest absolute Gasteiger partial charge is 0.299 e. The van der Waals surface area contributed by atoms with E-state index in [-0.39, 0.29) is 11.7 Å². The summed E-state index contributed by atoms with van der Waals surface area (Å²) in [7, 11) is 1.75. The Morgan fingerprint density at radius 1 is 0.966 bits per heavy atom. The predicted octanol–water partition coefficient (Wildman–Crippen LogP) is 3.63. The first-order chi connectivity index (χ1) is 14.0. The zero-order valence-corrected chi connectivity index (χ0v) is 17.6. The number of benzene rings is 2. The molecule has 0 amide bonds. The highest BCUT2D eigenvalue weighted by molar-refractivity contribution is 5.29. The fraction of sp³-hybridized carbons (Fsp3) is 0.417. The fourth-order valence-corrected chi connectivity index (χ4v) is 4.29. The number of aryl methyl sites for hydroxylation is 3. The van der Waals surface area contributed by atoms with Gasteiger partial charge in [0.15, 0.2) is 0 Å². The lowest BCUT2D eigenvalue weighted by atomic mass is 10.0. The molecule has 5 heteroatoms. The van der Waals surface area contributed by atoms with E-state index < -0.39 is 0 Å². The number of piperidine rings is 1. The first-order valence-corrected chi connectivity index (χ1v) is 10.5. The van der Waals surface area contributed by atoms with E-state index in [9.17, 15) is 4.79 Å². The number of hydrogen-bond acceptors (Lipinski definition) is 3. The Labute approximate surface area is 172 Å². The van der Waals surface area contributed by atoms with Crippen molar-refractivity contribution in [3.8, 4) is 0 Å². The number of rotatable bonds is 5. The maximum absolute atomic E-state index is 12.8. The lowest BCUT2D eigenvalue weighted by Crippen LogP contribution is -2.38. The van der Waals surface area contributed by atoms with Crippen LogP contribution in [0.5, 0.6) is 0 Å². The maximum atomic E-state index is 12.8. The van der Waals surface area contributed by atoms with Gasteiger partial charge in [0.05, 0.1) is 0 Å². The van der Waals surface area contributed by atoms with Gasteiger partial charge < -0.3 is 0 Å². The molecule has 2 aromatic carbocycles. The minimum atomic E-state index is 0.00328. The van der Waals surface area contributed by atoms with E-state index in [2.05, 4.69) is 54.2 Å². The van der Waals surface area contributed by atoms with Gasteiger partial charge in [0.1, 0.15) is 5.82 Å². The summed E-state index contributed by atoms with van der Waals surface area (Å²) in [5.74, 6) is 0.872. The van der Waals surface area contributed by atoms with Crippen LogP contribution in [-0.2, 0) is 20.0 Å². The van der Waals surface area contributed by atoms with Crippen LogP contribution in [-0.4, -0.2) is 32.3 Å². The van der Waals surface area contributed by atoms with Gasteiger partial charge in [0.25, 0.3) is 0 Å². The Morgan fingerprint density at radius 3 is 2.38 bits per heavy atom. The van der Waals surface area contributed by atoms with Crippen LogP contribution >= 0.6 is 0 Å². The van der Waals surface area contributed by atoms with E-state index in [0.29, 0.717) is 6.42 Å². The van der Waals surface area contributed by atoms with Crippen LogP contribution in [0.1, 0.15) is 47.0 Å². The Balaban J connectivity index is 1.45. The van der Waals surface area contributed by atoms with Gasteiger partial charge in [-0.15, -0.1) is 0 Å². The van der Waals surface area contributed by atoms with Gasteiger partial charge in [-0.05, 0) is 48.9 Å². The average molecular weight is 391 g/mol. The highest BCUT2D eigenvalue weighted by Gasteiger charge is 2.25. The third-order valence-corrected chi connectivity index (χ3v) is 6.13. The Morgan fingerprint density at radius 2 is 1.69 bits per heavy atom. The summed E-state index contributed by atoms with van der Waals surface area (Å²) < 4.78 is 3.43. The average Bonchev–Trinajstić information content (AvgIpc) is 2.99. The van der Waals surface area contributed by atoms with Crippen molar-refractivity contribution in [2.45, 2.75) is 45.7 Å². The van der Waals surface area contributed by atoms with Gasteiger partial charge in [-0.25, -0.2) is 9.48 Å². The highest BCUT2D eigenvalue weighted by Crippen LogP contribution is 2.24. The molecule has 0 saturated carbocycles. The summed E-state index contributed by atoms with van der Waals surface area (Å²) >= 11 is 0. The van der Waals surface area contributed by atoms with Gasteiger partial charge in [-0.1, -0.05) is 48.5 Å². The first-order valence-electron chi connectivity index (χ1n) is 10.5. The lowest BCUT2D eigenvalue weighted by Gasteiger charge is -2.32. The molecule has 29 heavy (non-hydrogen) atoms. The molecule has 1 aliphatic heterocycles. The summed E-state index contributed by atoms with van der Waals surface area (Å²) in [6, 6.07) is 17.2. The van der Waals surface area contributed by atoms with Gasteiger partial charge >= 0.3 is 5.69 Å². The van der Waals surface area contributed by atoms with E-state index >= 15 is 0 Å². The molecule has 1 saturated heterocycles. The summed E-state index contributed by atoms with van der Waals surface area (Å²) in [6.45, 7) is 7.32. The second-order valence-electron chi connectivity index (χ2n) is 8.28. The van der Waals surface area contributed by atoms with Crippen molar-refractivity contribution >= 4 is 0 Å². The Hall–Kier alpha value is -2.66. The normalized spacial score (nSPS) is 15.7. The van der Waals surface area contributed by atoms with Crippen molar-refractivity contribution < 1.29 is 0 Å². The van der Waals surface area contributed by atoms with Gasteiger partial charge in [-0.2, -0.15) is 5.10 Å². The number of hydrogen-bond donors (Lipinski definition) is 0. The lowest BCUT2D eigenvalue weighted by molar-refractivity contribution is 0.176. The van der Waals surface area contributed by atoms with Crippen LogP contribution in [0.2, 0.25) is 0 Å². The molecule has 1 aliphatic rings. The summed E-state index contributed by atoms with van der Waals surface area (Å²) in [4.78, 5) is 15.3. The molecule has 152 valence electrons. The standard InChI is InChI=1S/C24H30N4O/c1-18-9-10-21(15-19(18)2)17-27-13-11-22(12-14-27)28-23(25-26(3)24(28)29)16-20-7-5-4-6-8-20/h4-10,15,22H,11-14,16-17H2,1-3H3. The molecular weight excluding hydrogens is 360 g/mol. The first kappa shape index (κ1) is 19.6. The molecule has 1 fully saturated rings. The molecule has 0 unspecified atom stereocenters. The quantitative estimate of drug-likeness (QED) is 0.668. The van der Waals surface area contributed by atoms with E-state index in [4.69, 9.17) is 0 Å². The summed E-state index contributed by atoms with van der Waals surface area (Å²) in [5.41, 5.74) is 5.25. The zero-order chi connectivity index (χ0) is 20.4. The van der Waals surface area contributed by atoms with Crippen LogP contribution in [0.15, 0.2) is 53.3 Å².